The Hall–Kier alpha value is -3.22. The summed E-state index contributed by atoms with van der Waals surface area (Å²) in [5, 5.41) is 9.85. The average Bonchev–Trinajstić information content (AvgIpc) is 2.73. The van der Waals surface area contributed by atoms with Crippen molar-refractivity contribution in [2.45, 2.75) is 40.2 Å². The molecule has 3 rings (SSSR count). The van der Waals surface area contributed by atoms with E-state index in [1.807, 2.05) is 39.8 Å². The van der Waals surface area contributed by atoms with E-state index in [1.54, 1.807) is 31.3 Å². The van der Waals surface area contributed by atoms with Crippen LogP contribution in [-0.4, -0.2) is 43.9 Å². The van der Waals surface area contributed by atoms with Crippen LogP contribution < -0.4 is 19.3 Å². The summed E-state index contributed by atoms with van der Waals surface area (Å²) < 4.78 is 10.8. The van der Waals surface area contributed by atoms with E-state index in [0.717, 1.165) is 16.7 Å². The first-order valence-corrected chi connectivity index (χ1v) is 9.91. The Balaban J connectivity index is 2.16. The number of ether oxygens (including phenoxy) is 2. The van der Waals surface area contributed by atoms with E-state index in [1.165, 1.54) is 4.90 Å². The van der Waals surface area contributed by atoms with Gasteiger partial charge in [-0.05, 0) is 62.6 Å². The number of hydrogen-bond donors (Lipinski definition) is 1. The van der Waals surface area contributed by atoms with Crippen molar-refractivity contribution in [3.8, 4) is 11.5 Å². The Morgan fingerprint density at radius 3 is 2.00 bits per heavy atom. The molecule has 160 valence electrons. The molecule has 1 unspecified atom stereocenters. The fourth-order valence-corrected chi connectivity index (χ4v) is 3.91. The lowest BCUT2D eigenvalue weighted by Gasteiger charge is -2.41. The molecule has 30 heavy (non-hydrogen) atoms. The molecule has 0 aromatic heterocycles. The number of carbonyl (C=O) groups is 2. The summed E-state index contributed by atoms with van der Waals surface area (Å²) in [6.07, 6.45) is -0.430. The molecule has 7 heteroatoms. The molecule has 2 amide bonds. The van der Waals surface area contributed by atoms with Crippen LogP contribution in [0.2, 0.25) is 0 Å². The van der Waals surface area contributed by atoms with E-state index in [2.05, 4.69) is 0 Å². The summed E-state index contributed by atoms with van der Waals surface area (Å²) >= 11 is 0. The normalized spacial score (nSPS) is 15.6. The maximum absolute atomic E-state index is 13.6. The fourth-order valence-electron chi connectivity index (χ4n) is 3.91. The number of amides is 2. The lowest BCUT2D eigenvalue weighted by atomic mass is 9.99. The van der Waals surface area contributed by atoms with Gasteiger partial charge in [-0.1, -0.05) is 6.92 Å². The molecular weight excluding hydrogens is 384 g/mol. The standard InChI is InChI=1S/C23H28N2O5/c1-7-17-12-24(18-8-13(2)14(3)9-19(18)25(17)23(27)28)22(26)16-10-20(29-5)15(4)21(11-16)30-6/h8-11,17H,7,12H2,1-6H3,(H,27,28). The van der Waals surface area contributed by atoms with Gasteiger partial charge in [0.25, 0.3) is 5.91 Å². The molecule has 0 spiro atoms. The molecule has 1 heterocycles. The number of carboxylic acid groups (broad SMARTS) is 1. The summed E-state index contributed by atoms with van der Waals surface area (Å²) in [5.74, 6) is 0.906. The summed E-state index contributed by atoms with van der Waals surface area (Å²) in [6.45, 7) is 7.95. The highest BCUT2D eigenvalue weighted by molar-refractivity contribution is 6.10. The van der Waals surface area contributed by atoms with Crippen LogP contribution in [0.15, 0.2) is 24.3 Å². The molecular formula is C23H28N2O5. The molecule has 1 atom stereocenters. The van der Waals surface area contributed by atoms with E-state index >= 15 is 0 Å². The van der Waals surface area contributed by atoms with Crippen LogP contribution in [0.3, 0.4) is 0 Å². The first kappa shape index (κ1) is 21.5. The third kappa shape index (κ3) is 3.56. The predicted octanol–water partition coefficient (Wildman–Crippen LogP) is 4.55. The summed E-state index contributed by atoms with van der Waals surface area (Å²) in [5.41, 5.74) is 4.33. The van der Waals surface area contributed by atoms with E-state index in [9.17, 15) is 14.7 Å². The van der Waals surface area contributed by atoms with Crippen molar-refractivity contribution in [3.05, 3.63) is 46.5 Å². The Morgan fingerprint density at radius 2 is 1.53 bits per heavy atom. The van der Waals surface area contributed by atoms with E-state index in [-0.39, 0.29) is 18.5 Å². The molecule has 0 radical (unpaired) electrons. The second-order valence-electron chi connectivity index (χ2n) is 7.56. The molecule has 1 N–H and O–H groups in total. The van der Waals surface area contributed by atoms with Gasteiger partial charge in [0.2, 0.25) is 0 Å². The zero-order chi connectivity index (χ0) is 22.2. The molecule has 1 aliphatic rings. The van der Waals surface area contributed by atoms with Crippen LogP contribution in [0.5, 0.6) is 11.5 Å². The first-order valence-electron chi connectivity index (χ1n) is 9.91. The second-order valence-corrected chi connectivity index (χ2v) is 7.56. The van der Waals surface area contributed by atoms with Crippen molar-refractivity contribution < 1.29 is 24.2 Å². The van der Waals surface area contributed by atoms with Gasteiger partial charge in [-0.2, -0.15) is 0 Å². The quantitative estimate of drug-likeness (QED) is 0.797. The Kier molecular flexibility index (Phi) is 5.92. The molecule has 0 fully saturated rings. The average molecular weight is 412 g/mol. The van der Waals surface area contributed by atoms with Crippen LogP contribution in [0.25, 0.3) is 0 Å². The van der Waals surface area contributed by atoms with Crippen molar-refractivity contribution in [2.75, 3.05) is 30.6 Å². The lowest BCUT2D eigenvalue weighted by Crippen LogP contribution is -2.52. The van der Waals surface area contributed by atoms with Crippen LogP contribution in [0.1, 0.15) is 40.4 Å². The number of aryl methyl sites for hydroxylation is 2. The van der Waals surface area contributed by atoms with Crippen molar-refractivity contribution >= 4 is 23.4 Å². The number of benzene rings is 2. The highest BCUT2D eigenvalue weighted by Gasteiger charge is 2.37. The minimum absolute atomic E-state index is 0.223. The van der Waals surface area contributed by atoms with Gasteiger partial charge >= 0.3 is 6.09 Å². The minimum Gasteiger partial charge on any atom is -0.496 e. The molecule has 0 bridgehead atoms. The van der Waals surface area contributed by atoms with Gasteiger partial charge in [-0.15, -0.1) is 0 Å². The van der Waals surface area contributed by atoms with Gasteiger partial charge < -0.3 is 19.5 Å². The number of anilines is 2. The van der Waals surface area contributed by atoms with Gasteiger partial charge in [-0.3, -0.25) is 9.69 Å². The summed E-state index contributed by atoms with van der Waals surface area (Å²) in [7, 11) is 3.10. The van der Waals surface area contributed by atoms with Gasteiger partial charge in [0, 0.05) is 17.7 Å². The van der Waals surface area contributed by atoms with E-state index in [0.29, 0.717) is 34.9 Å². The van der Waals surface area contributed by atoms with E-state index < -0.39 is 6.09 Å². The van der Waals surface area contributed by atoms with Crippen LogP contribution in [0.4, 0.5) is 16.2 Å². The molecule has 2 aromatic rings. The number of rotatable bonds is 4. The molecule has 7 nitrogen and oxygen atoms in total. The monoisotopic (exact) mass is 412 g/mol. The van der Waals surface area contributed by atoms with Gasteiger partial charge in [0.05, 0.1) is 31.6 Å². The number of methoxy groups -OCH3 is 2. The first-order chi connectivity index (χ1) is 14.2. The molecule has 0 saturated carbocycles. The van der Waals surface area contributed by atoms with Gasteiger partial charge in [0.15, 0.2) is 0 Å². The van der Waals surface area contributed by atoms with Crippen LogP contribution in [-0.2, 0) is 0 Å². The SMILES string of the molecule is CCC1CN(C(=O)c2cc(OC)c(C)c(OC)c2)c2cc(C)c(C)cc2N1C(=O)O. The topological polar surface area (TPSA) is 79.3 Å². The number of carbonyl (C=O) groups excluding carboxylic acids is 1. The molecule has 0 aliphatic carbocycles. The maximum Gasteiger partial charge on any atom is 0.412 e. The second kappa shape index (κ2) is 8.26. The highest BCUT2D eigenvalue weighted by atomic mass is 16.5. The number of hydrogen-bond acceptors (Lipinski definition) is 4. The highest BCUT2D eigenvalue weighted by Crippen LogP contribution is 2.40. The summed E-state index contributed by atoms with van der Waals surface area (Å²) in [6, 6.07) is 6.79. The van der Waals surface area contributed by atoms with Gasteiger partial charge in [0.1, 0.15) is 11.5 Å². The van der Waals surface area contributed by atoms with E-state index in [4.69, 9.17) is 9.47 Å². The lowest BCUT2D eigenvalue weighted by molar-refractivity contribution is 0.0982. The van der Waals surface area contributed by atoms with Crippen molar-refractivity contribution in [2.24, 2.45) is 0 Å². The zero-order valence-electron chi connectivity index (χ0n) is 18.3. The third-order valence-corrected chi connectivity index (χ3v) is 5.82. The number of nitrogens with zero attached hydrogens (tertiary/aromatic N) is 2. The Morgan fingerprint density at radius 1 is 1.00 bits per heavy atom. The summed E-state index contributed by atoms with van der Waals surface area (Å²) in [4.78, 5) is 28.7. The zero-order valence-corrected chi connectivity index (χ0v) is 18.3. The van der Waals surface area contributed by atoms with Crippen LogP contribution in [0, 0.1) is 20.8 Å². The number of fused-ring (bicyclic) bond motifs is 1. The largest absolute Gasteiger partial charge is 0.496 e. The third-order valence-electron chi connectivity index (χ3n) is 5.82. The van der Waals surface area contributed by atoms with Crippen molar-refractivity contribution in [1.82, 2.24) is 0 Å². The Labute approximate surface area is 176 Å². The predicted molar refractivity (Wildman–Crippen MR) is 116 cm³/mol. The molecule has 0 saturated heterocycles. The van der Waals surface area contributed by atoms with Gasteiger partial charge in [-0.25, -0.2) is 4.79 Å². The molecule has 1 aliphatic heterocycles. The maximum atomic E-state index is 13.6. The fraction of sp³-hybridized carbons (Fsp3) is 0.391. The smallest absolute Gasteiger partial charge is 0.412 e. The van der Waals surface area contributed by atoms with Crippen molar-refractivity contribution in [3.63, 3.8) is 0 Å². The minimum atomic E-state index is -1.02. The van der Waals surface area contributed by atoms with Crippen LogP contribution >= 0.6 is 0 Å². The Bertz CT molecular complexity index is 976. The molecule has 2 aromatic carbocycles. The van der Waals surface area contributed by atoms with Crippen molar-refractivity contribution in [1.29, 1.82) is 0 Å².